The SMILES string of the molecule is CCN.NCC(=O)O.[Cl][Pt][Cl]. The van der Waals surface area contributed by atoms with Crippen LogP contribution in [0.15, 0.2) is 0 Å². The van der Waals surface area contributed by atoms with Crippen LogP contribution in [0.2, 0.25) is 0 Å². The van der Waals surface area contributed by atoms with Gasteiger partial charge >= 0.3 is 41.3 Å². The molecule has 0 spiro atoms. The molecule has 0 amide bonds. The molecule has 0 aromatic rings. The van der Waals surface area contributed by atoms with E-state index in [1.165, 1.54) is 0 Å². The second-order valence-electron chi connectivity index (χ2n) is 1.05. The number of halogens is 2. The predicted molar refractivity (Wildman–Crippen MR) is 43.1 cm³/mol. The molecule has 0 aromatic carbocycles. The quantitative estimate of drug-likeness (QED) is 0.608. The summed E-state index contributed by atoms with van der Waals surface area (Å²) in [7, 11) is 9.75. The molecule has 0 fully saturated rings. The van der Waals surface area contributed by atoms with Crippen molar-refractivity contribution in [2.75, 3.05) is 13.1 Å². The Morgan fingerprint density at radius 1 is 1.55 bits per heavy atom. The predicted octanol–water partition coefficient (Wildman–Crippen LogP) is 0.371. The molecular weight excluding hydrogens is 374 g/mol. The van der Waals surface area contributed by atoms with Crippen molar-refractivity contribution in [3.63, 3.8) is 0 Å². The molecule has 0 atom stereocenters. The summed E-state index contributed by atoms with van der Waals surface area (Å²) in [4.78, 5) is 9.24. The standard InChI is InChI=1S/C2H5NO2.C2H7N.2ClH.Pt/c3-1-2(4)5;1-2-3;;;/h1,3H2,(H,4,5);2-3H2,1H3;2*1H;/q;;;;+2/p-2. The Labute approximate surface area is 82.6 Å². The third-order valence-corrected chi connectivity index (χ3v) is 0.175. The minimum absolute atomic E-state index is 0.278. The number of carbonyl (C=O) groups is 1. The van der Waals surface area contributed by atoms with E-state index in [9.17, 15) is 4.79 Å². The van der Waals surface area contributed by atoms with Gasteiger partial charge in [0.2, 0.25) is 0 Å². The Bertz CT molecular complexity index is 75.1. The minimum atomic E-state index is -0.968. The molecule has 0 saturated carbocycles. The normalized spacial score (nSPS) is 7.00. The number of nitrogens with two attached hydrogens (primary N) is 2. The van der Waals surface area contributed by atoms with Crippen LogP contribution in [0.1, 0.15) is 6.92 Å². The molecular formula is C4H12Cl2N2O2Pt. The summed E-state index contributed by atoms with van der Waals surface area (Å²) >= 11 is -0.472. The second kappa shape index (κ2) is 22.4. The van der Waals surface area contributed by atoms with Gasteiger partial charge < -0.3 is 16.6 Å². The number of carboxylic acid groups (broad SMARTS) is 1. The first-order valence-electron chi connectivity index (χ1n) is 2.54. The van der Waals surface area contributed by atoms with Crippen molar-refractivity contribution < 1.29 is 26.4 Å². The van der Waals surface area contributed by atoms with Crippen LogP contribution in [-0.2, 0) is 21.3 Å². The molecule has 5 N–H and O–H groups in total. The molecule has 0 aliphatic heterocycles. The fourth-order valence-corrected chi connectivity index (χ4v) is 0. The van der Waals surface area contributed by atoms with Gasteiger partial charge in [0.1, 0.15) is 0 Å². The van der Waals surface area contributed by atoms with Crippen LogP contribution in [0, 0.1) is 0 Å². The summed E-state index contributed by atoms with van der Waals surface area (Å²) in [5.74, 6) is -0.968. The molecule has 0 bridgehead atoms. The maximum absolute atomic E-state index is 9.24. The first-order valence-corrected chi connectivity index (χ1v) is 8.17. The molecule has 0 aliphatic rings. The molecule has 0 radical (unpaired) electrons. The molecule has 0 heterocycles. The van der Waals surface area contributed by atoms with Crippen molar-refractivity contribution in [1.82, 2.24) is 0 Å². The van der Waals surface area contributed by atoms with Crippen LogP contribution in [0.3, 0.4) is 0 Å². The monoisotopic (exact) mass is 385 g/mol. The average Bonchev–Trinajstić information content (AvgIpc) is 1.91. The molecule has 4 nitrogen and oxygen atoms in total. The summed E-state index contributed by atoms with van der Waals surface area (Å²) in [5.41, 5.74) is 9.42. The Morgan fingerprint density at radius 2 is 1.64 bits per heavy atom. The summed E-state index contributed by atoms with van der Waals surface area (Å²) in [6.07, 6.45) is 0. The third-order valence-electron chi connectivity index (χ3n) is 0.175. The third kappa shape index (κ3) is 113. The van der Waals surface area contributed by atoms with Gasteiger partial charge in [0.25, 0.3) is 0 Å². The topological polar surface area (TPSA) is 89.3 Å². The summed E-state index contributed by atoms with van der Waals surface area (Å²) < 4.78 is 0. The van der Waals surface area contributed by atoms with Crippen LogP contribution in [0.4, 0.5) is 0 Å². The average molecular weight is 386 g/mol. The van der Waals surface area contributed by atoms with Crippen molar-refractivity contribution in [2.24, 2.45) is 11.5 Å². The maximum atomic E-state index is 9.24. The zero-order chi connectivity index (χ0) is 9.70. The molecule has 0 rings (SSSR count). The van der Waals surface area contributed by atoms with Crippen LogP contribution >= 0.6 is 18.8 Å². The van der Waals surface area contributed by atoms with Gasteiger partial charge in [-0.05, 0) is 6.54 Å². The van der Waals surface area contributed by atoms with Gasteiger partial charge in [0.15, 0.2) is 0 Å². The fourth-order valence-electron chi connectivity index (χ4n) is 0. The zero-order valence-electron chi connectivity index (χ0n) is 6.00. The van der Waals surface area contributed by atoms with Crippen molar-refractivity contribution in [2.45, 2.75) is 6.92 Å². The number of hydrogen-bond acceptors (Lipinski definition) is 3. The Balaban J connectivity index is -0.0000000933. The van der Waals surface area contributed by atoms with E-state index in [1.807, 2.05) is 6.92 Å². The van der Waals surface area contributed by atoms with Crippen molar-refractivity contribution in [3.05, 3.63) is 0 Å². The fraction of sp³-hybridized carbons (Fsp3) is 0.750. The van der Waals surface area contributed by atoms with Gasteiger partial charge in [0, 0.05) is 0 Å². The molecule has 0 aromatic heterocycles. The molecule has 0 saturated heterocycles. The first kappa shape index (κ1) is 17.7. The van der Waals surface area contributed by atoms with Gasteiger partial charge in [-0.3, -0.25) is 4.79 Å². The van der Waals surface area contributed by atoms with E-state index in [1.54, 1.807) is 0 Å². The molecule has 11 heavy (non-hydrogen) atoms. The van der Waals surface area contributed by atoms with Gasteiger partial charge in [0.05, 0.1) is 6.54 Å². The van der Waals surface area contributed by atoms with E-state index in [0.717, 1.165) is 6.54 Å². The van der Waals surface area contributed by atoms with Gasteiger partial charge in [-0.1, -0.05) is 6.92 Å². The number of aliphatic carboxylic acids is 1. The summed E-state index contributed by atoms with van der Waals surface area (Å²) in [6, 6.07) is 0. The van der Waals surface area contributed by atoms with Crippen molar-refractivity contribution in [3.8, 4) is 0 Å². The molecule has 74 valence electrons. The molecule has 0 aliphatic carbocycles. The molecule has 7 heteroatoms. The summed E-state index contributed by atoms with van der Waals surface area (Å²) in [5, 5.41) is 7.60. The van der Waals surface area contributed by atoms with E-state index in [-0.39, 0.29) is 6.54 Å². The van der Waals surface area contributed by atoms with Crippen molar-refractivity contribution >= 4 is 24.8 Å². The van der Waals surface area contributed by atoms with E-state index >= 15 is 0 Å². The van der Waals surface area contributed by atoms with Gasteiger partial charge in [-0.15, -0.1) is 0 Å². The Hall–Kier alpha value is 0.658. The van der Waals surface area contributed by atoms with Crippen LogP contribution in [0.5, 0.6) is 0 Å². The van der Waals surface area contributed by atoms with E-state index in [4.69, 9.17) is 29.7 Å². The second-order valence-corrected chi connectivity index (χ2v) is 4.33. The first-order chi connectivity index (χ1) is 5.10. The number of carboxylic acids is 1. The van der Waals surface area contributed by atoms with Crippen molar-refractivity contribution in [1.29, 1.82) is 0 Å². The molecule has 0 unspecified atom stereocenters. The van der Waals surface area contributed by atoms with E-state index in [2.05, 4.69) is 5.73 Å². The summed E-state index contributed by atoms with van der Waals surface area (Å²) in [6.45, 7) is 2.38. The van der Waals surface area contributed by atoms with Crippen LogP contribution in [-0.4, -0.2) is 24.2 Å². The van der Waals surface area contributed by atoms with Crippen LogP contribution < -0.4 is 11.5 Å². The van der Waals surface area contributed by atoms with Gasteiger partial charge in [-0.25, -0.2) is 0 Å². The number of hydrogen-bond donors (Lipinski definition) is 3. The number of rotatable bonds is 1. The zero-order valence-corrected chi connectivity index (χ0v) is 9.78. The Morgan fingerprint density at radius 3 is 1.64 bits per heavy atom. The van der Waals surface area contributed by atoms with E-state index in [0.29, 0.717) is 0 Å². The van der Waals surface area contributed by atoms with Crippen LogP contribution in [0.25, 0.3) is 0 Å². The van der Waals surface area contributed by atoms with E-state index < -0.39 is 22.5 Å². The van der Waals surface area contributed by atoms with Gasteiger partial charge in [-0.2, -0.15) is 0 Å². The Kier molecular flexibility index (Phi) is 36.0.